The van der Waals surface area contributed by atoms with Crippen molar-refractivity contribution < 1.29 is 17.9 Å². The Balaban J connectivity index is 1.84. The average molecular weight is 289 g/mol. The second kappa shape index (κ2) is 5.87. The van der Waals surface area contributed by atoms with Crippen LogP contribution in [0.15, 0.2) is 29.6 Å². The summed E-state index contributed by atoms with van der Waals surface area (Å²) in [4.78, 5) is 0. The van der Waals surface area contributed by atoms with E-state index in [1.54, 1.807) is 12.1 Å². The van der Waals surface area contributed by atoms with E-state index < -0.39 is 12.8 Å². The molecule has 8 heteroatoms. The molecule has 0 fully saturated rings. The molecule has 1 aromatic carbocycles. The number of halogens is 3. The lowest BCUT2D eigenvalue weighted by atomic mass is 10.3. The molecule has 1 aromatic heterocycles. The summed E-state index contributed by atoms with van der Waals surface area (Å²) >= 11 is 1.26. The van der Waals surface area contributed by atoms with Gasteiger partial charge in [-0.25, -0.2) is 0 Å². The Hall–Kier alpha value is -1.83. The van der Waals surface area contributed by atoms with Crippen molar-refractivity contribution in [3.8, 4) is 5.75 Å². The molecular weight excluding hydrogens is 279 g/mol. The quantitative estimate of drug-likeness (QED) is 0.919. The van der Waals surface area contributed by atoms with Crippen molar-refractivity contribution in [1.29, 1.82) is 0 Å². The zero-order valence-corrected chi connectivity index (χ0v) is 10.5. The summed E-state index contributed by atoms with van der Waals surface area (Å²) in [5, 5.41) is 8.75. The molecule has 0 saturated heterocycles. The first-order valence-corrected chi connectivity index (χ1v) is 6.16. The van der Waals surface area contributed by atoms with E-state index in [0.29, 0.717) is 6.54 Å². The third-order valence-corrected chi connectivity index (χ3v) is 2.69. The predicted molar refractivity (Wildman–Crippen MR) is 65.2 cm³/mol. The van der Waals surface area contributed by atoms with Crippen LogP contribution in [-0.2, 0) is 6.54 Å². The van der Waals surface area contributed by atoms with Crippen molar-refractivity contribution >= 4 is 17.2 Å². The van der Waals surface area contributed by atoms with Gasteiger partial charge in [0.2, 0.25) is 0 Å². The molecule has 0 aliphatic heterocycles. The molecule has 0 bridgehead atoms. The van der Waals surface area contributed by atoms with E-state index in [4.69, 9.17) is 0 Å². The van der Waals surface area contributed by atoms with Gasteiger partial charge < -0.3 is 10.1 Å². The van der Waals surface area contributed by atoms with Crippen molar-refractivity contribution in [2.24, 2.45) is 0 Å². The first-order valence-electron chi connectivity index (χ1n) is 5.32. The molecule has 0 atom stereocenters. The lowest BCUT2D eigenvalue weighted by molar-refractivity contribution is -0.153. The lowest BCUT2D eigenvalue weighted by Gasteiger charge is -2.10. The van der Waals surface area contributed by atoms with Crippen LogP contribution in [0.1, 0.15) is 5.69 Å². The Bertz CT molecular complexity index is 499. The van der Waals surface area contributed by atoms with Gasteiger partial charge >= 0.3 is 6.18 Å². The highest BCUT2D eigenvalue weighted by atomic mass is 32.1. The minimum absolute atomic E-state index is 0.179. The lowest BCUT2D eigenvalue weighted by Crippen LogP contribution is -2.19. The van der Waals surface area contributed by atoms with Crippen LogP contribution in [0, 0.1) is 0 Å². The molecule has 0 unspecified atom stereocenters. The van der Waals surface area contributed by atoms with Gasteiger partial charge in [0.25, 0.3) is 0 Å². The van der Waals surface area contributed by atoms with E-state index in [9.17, 15) is 13.2 Å². The Kier molecular flexibility index (Phi) is 4.20. The number of ether oxygens (including phenoxy) is 1. The summed E-state index contributed by atoms with van der Waals surface area (Å²) in [6.45, 7) is -0.774. The number of rotatable bonds is 5. The smallest absolute Gasteiger partial charge is 0.422 e. The van der Waals surface area contributed by atoms with E-state index >= 15 is 0 Å². The zero-order valence-electron chi connectivity index (χ0n) is 9.65. The fourth-order valence-corrected chi connectivity index (χ4v) is 1.74. The van der Waals surface area contributed by atoms with E-state index in [-0.39, 0.29) is 5.75 Å². The molecule has 1 heterocycles. The topological polar surface area (TPSA) is 47.0 Å². The molecule has 102 valence electrons. The molecule has 0 spiro atoms. The van der Waals surface area contributed by atoms with Crippen molar-refractivity contribution in [3.05, 3.63) is 35.3 Å². The molecule has 0 radical (unpaired) electrons. The minimum atomic E-state index is -4.32. The maximum absolute atomic E-state index is 11.9. The van der Waals surface area contributed by atoms with Crippen LogP contribution < -0.4 is 10.1 Å². The second-order valence-corrected chi connectivity index (χ2v) is 4.29. The fourth-order valence-electron chi connectivity index (χ4n) is 1.29. The molecule has 0 aliphatic rings. The Morgan fingerprint density at radius 3 is 2.53 bits per heavy atom. The summed E-state index contributed by atoms with van der Waals surface area (Å²) in [5.74, 6) is 0.179. The van der Waals surface area contributed by atoms with Crippen molar-refractivity contribution in [1.82, 2.24) is 9.59 Å². The summed E-state index contributed by atoms with van der Waals surface area (Å²) in [5.41, 5.74) is 1.58. The molecule has 1 N–H and O–H groups in total. The number of hydrogen-bond acceptors (Lipinski definition) is 5. The molecule has 0 amide bonds. The van der Waals surface area contributed by atoms with Crippen LogP contribution in [0.25, 0.3) is 0 Å². The maximum atomic E-state index is 11.9. The monoisotopic (exact) mass is 289 g/mol. The van der Waals surface area contributed by atoms with Crippen molar-refractivity contribution in [3.63, 3.8) is 0 Å². The molecule has 4 nitrogen and oxygen atoms in total. The van der Waals surface area contributed by atoms with Gasteiger partial charge in [-0.2, -0.15) is 13.2 Å². The summed E-state index contributed by atoms with van der Waals surface area (Å²) in [7, 11) is 0. The Morgan fingerprint density at radius 2 is 1.95 bits per heavy atom. The highest BCUT2D eigenvalue weighted by Crippen LogP contribution is 2.20. The second-order valence-electron chi connectivity index (χ2n) is 3.68. The summed E-state index contributed by atoms with van der Waals surface area (Å²) in [6.07, 6.45) is -4.32. The zero-order chi connectivity index (χ0) is 13.7. The van der Waals surface area contributed by atoms with E-state index in [1.807, 2.05) is 5.38 Å². The number of alkyl halides is 3. The maximum Gasteiger partial charge on any atom is 0.422 e. The van der Waals surface area contributed by atoms with Gasteiger partial charge in [-0.1, -0.05) is 4.49 Å². The van der Waals surface area contributed by atoms with Crippen LogP contribution in [0.2, 0.25) is 0 Å². The Labute approximate surface area is 111 Å². The molecule has 2 rings (SSSR count). The number of aromatic nitrogens is 2. The standard InChI is InChI=1S/C11H10F3N3OS/c12-11(13,14)7-18-10-3-1-8(2-4-10)15-5-9-6-19-17-16-9/h1-4,6,15H,5,7H2. The van der Waals surface area contributed by atoms with E-state index in [2.05, 4.69) is 19.6 Å². The van der Waals surface area contributed by atoms with Crippen LogP contribution in [0.3, 0.4) is 0 Å². The average Bonchev–Trinajstić information content (AvgIpc) is 2.87. The van der Waals surface area contributed by atoms with Gasteiger partial charge in [0.05, 0.1) is 12.2 Å². The van der Waals surface area contributed by atoms with E-state index in [0.717, 1.165) is 11.4 Å². The third kappa shape index (κ3) is 4.74. The summed E-state index contributed by atoms with van der Waals surface area (Å²) in [6, 6.07) is 6.25. The van der Waals surface area contributed by atoms with E-state index in [1.165, 1.54) is 23.7 Å². The number of benzene rings is 1. The fraction of sp³-hybridized carbons (Fsp3) is 0.273. The SMILES string of the molecule is FC(F)(F)COc1ccc(NCc2csnn2)cc1. The van der Waals surface area contributed by atoms with Crippen LogP contribution in [0.5, 0.6) is 5.75 Å². The van der Waals surface area contributed by atoms with Gasteiger partial charge in [0.1, 0.15) is 5.75 Å². The normalized spacial score (nSPS) is 11.3. The number of hydrogen-bond donors (Lipinski definition) is 1. The molecule has 2 aromatic rings. The first kappa shape index (κ1) is 13.6. The van der Waals surface area contributed by atoms with Gasteiger partial charge in [-0.3, -0.25) is 0 Å². The molecule has 19 heavy (non-hydrogen) atoms. The highest BCUT2D eigenvalue weighted by Gasteiger charge is 2.28. The minimum Gasteiger partial charge on any atom is -0.484 e. The number of nitrogens with one attached hydrogen (secondary N) is 1. The Morgan fingerprint density at radius 1 is 1.21 bits per heavy atom. The molecule has 0 aliphatic carbocycles. The van der Waals surface area contributed by atoms with Crippen LogP contribution in [-0.4, -0.2) is 22.4 Å². The van der Waals surface area contributed by atoms with Gasteiger partial charge in [0.15, 0.2) is 6.61 Å². The summed E-state index contributed by atoms with van der Waals surface area (Å²) < 4.78 is 44.2. The molecular formula is C11H10F3N3OS. The highest BCUT2D eigenvalue weighted by molar-refractivity contribution is 7.03. The molecule has 0 saturated carbocycles. The van der Waals surface area contributed by atoms with Gasteiger partial charge in [0, 0.05) is 11.1 Å². The van der Waals surface area contributed by atoms with Crippen molar-refractivity contribution in [2.75, 3.05) is 11.9 Å². The van der Waals surface area contributed by atoms with Gasteiger partial charge in [-0.15, -0.1) is 5.10 Å². The van der Waals surface area contributed by atoms with Crippen LogP contribution >= 0.6 is 11.5 Å². The number of anilines is 1. The van der Waals surface area contributed by atoms with Gasteiger partial charge in [-0.05, 0) is 35.8 Å². The number of nitrogens with zero attached hydrogens (tertiary/aromatic N) is 2. The van der Waals surface area contributed by atoms with Crippen molar-refractivity contribution in [2.45, 2.75) is 12.7 Å². The predicted octanol–water partition coefficient (Wildman–Crippen LogP) is 3.09. The first-order chi connectivity index (χ1) is 9.03. The third-order valence-electron chi connectivity index (χ3n) is 2.14. The van der Waals surface area contributed by atoms with Crippen LogP contribution in [0.4, 0.5) is 18.9 Å². The largest absolute Gasteiger partial charge is 0.484 e.